The minimum absolute atomic E-state index is 0.157. The molecule has 3 rings (SSSR count). The minimum atomic E-state index is -5.01. The van der Waals surface area contributed by atoms with Crippen molar-refractivity contribution < 1.29 is 32.9 Å². The molecule has 0 saturated carbocycles. The van der Waals surface area contributed by atoms with Gasteiger partial charge in [-0.3, -0.25) is 0 Å². The Morgan fingerprint density at radius 3 is 2.47 bits per heavy atom. The third-order valence-corrected chi connectivity index (χ3v) is 5.41. The van der Waals surface area contributed by atoms with Gasteiger partial charge in [0.2, 0.25) is 0 Å². The van der Waals surface area contributed by atoms with Crippen LogP contribution in [0.5, 0.6) is 0 Å². The molecule has 38 heavy (non-hydrogen) atoms. The molecule has 0 bridgehead atoms. The van der Waals surface area contributed by atoms with Gasteiger partial charge in [0.05, 0.1) is 17.9 Å². The molecule has 0 amide bonds. The molecule has 3 aromatic rings. The van der Waals surface area contributed by atoms with Crippen molar-refractivity contribution in [2.45, 2.75) is 40.2 Å². The van der Waals surface area contributed by atoms with E-state index in [9.17, 15) is 28.2 Å². The first-order valence-electron chi connectivity index (χ1n) is 11.4. The van der Waals surface area contributed by atoms with E-state index in [2.05, 4.69) is 21.0 Å². The van der Waals surface area contributed by atoms with Crippen LogP contribution in [0.4, 0.5) is 19.0 Å². The molecule has 198 valence electrons. The number of carbonyl (C=O) groups is 1. The van der Waals surface area contributed by atoms with Crippen molar-refractivity contribution in [3.63, 3.8) is 0 Å². The van der Waals surface area contributed by atoms with Crippen LogP contribution in [-0.2, 0) is 22.6 Å². The van der Waals surface area contributed by atoms with E-state index in [1.165, 1.54) is 4.68 Å². The lowest BCUT2D eigenvalue weighted by Crippen LogP contribution is -2.15. The molecular weight excluding hydrogens is 501 g/mol. The van der Waals surface area contributed by atoms with E-state index in [-0.39, 0.29) is 18.1 Å². The van der Waals surface area contributed by atoms with Gasteiger partial charge in [0.1, 0.15) is 17.3 Å². The summed E-state index contributed by atoms with van der Waals surface area (Å²) in [5.74, 6) is 0.638. The molecule has 0 aliphatic rings. The molecule has 0 aliphatic carbocycles. The predicted octanol–water partition coefficient (Wildman–Crippen LogP) is 5.12. The topological polar surface area (TPSA) is 110 Å². The number of allylic oxidation sites excluding steroid dienone is 2. The van der Waals surface area contributed by atoms with Crippen molar-refractivity contribution in [2.24, 2.45) is 0 Å². The molecular formula is C27H25F3N4O4. The normalized spacial score (nSPS) is 12.5. The Balaban J connectivity index is 2.30. The minimum Gasteiger partial charge on any atom is -0.478 e. The standard InChI is InChI=1S/C27H25F3N4O4/c1-5-21(20(26(36)37)14-17(4)38-27(28,29)30)32-25-23(19-11-9-18(15-35)10-12-19)22(6-2)33-34(25)24-16(3)8-7-13-31-24/h1,7-14,32,35H,6,15H2,2-4H3,(H,36,37)/b17-14+,21-20-. The highest BCUT2D eigenvalue weighted by atomic mass is 19.4. The molecule has 1 aromatic carbocycles. The van der Waals surface area contributed by atoms with Gasteiger partial charge in [0, 0.05) is 11.8 Å². The van der Waals surface area contributed by atoms with E-state index in [0.29, 0.717) is 40.7 Å². The van der Waals surface area contributed by atoms with E-state index < -0.39 is 23.7 Å². The number of aryl methyl sites for hydroxylation is 2. The van der Waals surface area contributed by atoms with Gasteiger partial charge in [0.15, 0.2) is 5.82 Å². The van der Waals surface area contributed by atoms with Crippen LogP contribution in [0, 0.1) is 19.3 Å². The molecule has 0 unspecified atom stereocenters. The fourth-order valence-corrected chi connectivity index (χ4v) is 3.71. The second-order valence-electron chi connectivity index (χ2n) is 8.10. The highest BCUT2D eigenvalue weighted by Crippen LogP contribution is 2.36. The Labute approximate surface area is 217 Å². The summed E-state index contributed by atoms with van der Waals surface area (Å²) in [5.41, 5.74) is 2.36. The number of hydrogen-bond acceptors (Lipinski definition) is 6. The summed E-state index contributed by atoms with van der Waals surface area (Å²) in [6.45, 7) is 4.51. The number of ether oxygens (including phenoxy) is 1. The summed E-state index contributed by atoms with van der Waals surface area (Å²) in [7, 11) is 0. The largest absolute Gasteiger partial charge is 0.572 e. The predicted molar refractivity (Wildman–Crippen MR) is 135 cm³/mol. The average Bonchev–Trinajstić information content (AvgIpc) is 3.23. The lowest BCUT2D eigenvalue weighted by atomic mass is 10.0. The average molecular weight is 527 g/mol. The number of terminal acetylenes is 1. The number of alkyl halides is 3. The van der Waals surface area contributed by atoms with Crippen LogP contribution in [-0.4, -0.2) is 37.3 Å². The van der Waals surface area contributed by atoms with Crippen LogP contribution in [0.2, 0.25) is 0 Å². The number of nitrogens with one attached hydrogen (secondary N) is 1. The van der Waals surface area contributed by atoms with E-state index >= 15 is 0 Å². The third-order valence-electron chi connectivity index (χ3n) is 5.41. The van der Waals surface area contributed by atoms with Crippen LogP contribution in [0.25, 0.3) is 16.9 Å². The fourth-order valence-electron chi connectivity index (χ4n) is 3.71. The summed E-state index contributed by atoms with van der Waals surface area (Å²) in [4.78, 5) is 16.5. The number of carboxylic acids is 1. The van der Waals surface area contributed by atoms with Crippen LogP contribution < -0.4 is 5.32 Å². The third kappa shape index (κ3) is 6.41. The summed E-state index contributed by atoms with van der Waals surface area (Å²) >= 11 is 0. The molecule has 11 heteroatoms. The van der Waals surface area contributed by atoms with Gasteiger partial charge < -0.3 is 20.3 Å². The number of aliphatic hydroxyl groups excluding tert-OH is 1. The second-order valence-corrected chi connectivity index (χ2v) is 8.10. The van der Waals surface area contributed by atoms with Crippen molar-refractivity contribution in [3.8, 4) is 29.3 Å². The highest BCUT2D eigenvalue weighted by molar-refractivity contribution is 5.93. The Morgan fingerprint density at radius 2 is 1.95 bits per heavy atom. The maximum absolute atomic E-state index is 12.7. The van der Waals surface area contributed by atoms with Crippen LogP contribution in [0.3, 0.4) is 0 Å². The van der Waals surface area contributed by atoms with E-state index in [4.69, 9.17) is 11.5 Å². The van der Waals surface area contributed by atoms with Gasteiger partial charge in [-0.15, -0.1) is 19.6 Å². The number of benzene rings is 1. The van der Waals surface area contributed by atoms with Crippen LogP contribution in [0.1, 0.15) is 30.7 Å². The maximum Gasteiger partial charge on any atom is 0.572 e. The van der Waals surface area contributed by atoms with E-state index in [1.807, 2.05) is 19.9 Å². The molecule has 0 radical (unpaired) electrons. The van der Waals surface area contributed by atoms with Crippen molar-refractivity contribution >= 4 is 11.8 Å². The zero-order valence-electron chi connectivity index (χ0n) is 20.8. The first-order chi connectivity index (χ1) is 18.0. The van der Waals surface area contributed by atoms with Crippen molar-refractivity contribution in [3.05, 3.63) is 82.5 Å². The summed E-state index contributed by atoms with van der Waals surface area (Å²) in [5, 5.41) is 26.8. The quantitative estimate of drug-likeness (QED) is 0.154. The number of aliphatic carboxylic acids is 1. The summed E-state index contributed by atoms with van der Waals surface area (Å²) < 4.78 is 43.4. The van der Waals surface area contributed by atoms with Gasteiger partial charge in [0.25, 0.3) is 0 Å². The molecule has 2 heterocycles. The number of carboxylic acid groups (broad SMARTS) is 1. The van der Waals surface area contributed by atoms with Gasteiger partial charge in [-0.1, -0.05) is 43.2 Å². The van der Waals surface area contributed by atoms with Gasteiger partial charge in [-0.25, -0.2) is 9.78 Å². The smallest absolute Gasteiger partial charge is 0.478 e. The van der Waals surface area contributed by atoms with Crippen molar-refractivity contribution in [1.82, 2.24) is 14.8 Å². The number of hydrogen-bond donors (Lipinski definition) is 3. The Kier molecular flexibility index (Phi) is 8.60. The highest BCUT2D eigenvalue weighted by Gasteiger charge is 2.31. The van der Waals surface area contributed by atoms with Crippen LogP contribution in [0.15, 0.2) is 65.7 Å². The van der Waals surface area contributed by atoms with E-state index in [1.54, 1.807) is 36.5 Å². The number of aromatic nitrogens is 3. The lowest BCUT2D eigenvalue weighted by Gasteiger charge is -2.15. The lowest BCUT2D eigenvalue weighted by molar-refractivity contribution is -0.305. The number of halogens is 3. The molecule has 0 fully saturated rings. The first-order valence-corrected chi connectivity index (χ1v) is 11.4. The number of aliphatic hydroxyl groups is 1. The Hall–Kier alpha value is -4.56. The van der Waals surface area contributed by atoms with Crippen molar-refractivity contribution in [1.29, 1.82) is 0 Å². The zero-order valence-corrected chi connectivity index (χ0v) is 20.8. The molecule has 0 atom stereocenters. The van der Waals surface area contributed by atoms with Crippen molar-refractivity contribution in [2.75, 3.05) is 5.32 Å². The molecule has 0 spiro atoms. The summed E-state index contributed by atoms with van der Waals surface area (Å²) in [6.07, 6.45) is 3.38. The number of nitrogens with zero attached hydrogens (tertiary/aromatic N) is 3. The zero-order chi connectivity index (χ0) is 28.0. The second kappa shape index (κ2) is 11.7. The van der Waals surface area contributed by atoms with E-state index in [0.717, 1.165) is 12.5 Å². The number of rotatable bonds is 9. The molecule has 2 aromatic heterocycles. The molecule has 0 aliphatic heterocycles. The Bertz CT molecular complexity index is 1430. The SMILES string of the molecule is C#C/C(Nc1c(-c2ccc(CO)cc2)c(CC)nn1-c1ncccc1C)=C(\C=C(/C)OC(F)(F)F)C(=O)O. The summed E-state index contributed by atoms with van der Waals surface area (Å²) in [6, 6.07) is 10.5. The number of anilines is 1. The van der Waals surface area contributed by atoms with Gasteiger partial charge in [-0.05, 0) is 49.1 Å². The molecule has 3 N–H and O–H groups in total. The van der Waals surface area contributed by atoms with Gasteiger partial charge in [-0.2, -0.15) is 9.78 Å². The Morgan fingerprint density at radius 1 is 1.26 bits per heavy atom. The first kappa shape index (κ1) is 28.0. The maximum atomic E-state index is 12.7. The monoisotopic (exact) mass is 526 g/mol. The molecule has 0 saturated heterocycles. The number of pyridine rings is 1. The molecule has 8 nitrogen and oxygen atoms in total. The van der Waals surface area contributed by atoms with Crippen LogP contribution >= 0.6 is 0 Å². The van der Waals surface area contributed by atoms with Gasteiger partial charge >= 0.3 is 12.3 Å². The fraction of sp³-hybridized carbons (Fsp3) is 0.222.